The van der Waals surface area contributed by atoms with Crippen LogP contribution in [-0.2, 0) is 17.6 Å². The Kier molecular flexibility index (Phi) is 6.28. The van der Waals surface area contributed by atoms with Gasteiger partial charge in [0, 0.05) is 25.1 Å². The maximum Gasteiger partial charge on any atom is 0.220 e. The molecule has 3 aliphatic heterocycles. The Hall–Kier alpha value is -3.74. The standard InChI is InChI=1S/C26H27N5O2/c32-25-5-3-4-19-6-8-20(9-7-19)16-24-28-17-23-26(30-24)31(18-29-23)21-10-12-22(13-11-21)33-15-2-1-14-27-25/h6-13,17-18H,1-5,14-16H2,(H,27,32). The minimum Gasteiger partial charge on any atom is -0.494 e. The van der Waals surface area contributed by atoms with Crippen molar-refractivity contribution in [2.75, 3.05) is 13.2 Å². The Labute approximate surface area is 192 Å². The van der Waals surface area contributed by atoms with Gasteiger partial charge in [0.1, 0.15) is 23.4 Å². The summed E-state index contributed by atoms with van der Waals surface area (Å²) in [6, 6.07) is 16.4. The fraction of sp³-hybridized carbons (Fsp3) is 0.308. The first-order chi connectivity index (χ1) is 16.2. The van der Waals surface area contributed by atoms with Gasteiger partial charge in [0.05, 0.1) is 12.8 Å². The van der Waals surface area contributed by atoms with E-state index in [1.165, 1.54) is 5.56 Å². The molecule has 1 amide bonds. The van der Waals surface area contributed by atoms with Crippen molar-refractivity contribution in [1.82, 2.24) is 24.8 Å². The zero-order chi connectivity index (χ0) is 22.5. The monoisotopic (exact) mass is 441 g/mol. The Morgan fingerprint density at radius 3 is 2.55 bits per heavy atom. The molecule has 0 spiro atoms. The third-order valence-corrected chi connectivity index (χ3v) is 5.87. The van der Waals surface area contributed by atoms with Gasteiger partial charge in [0.15, 0.2) is 5.65 Å². The molecule has 0 atom stereocenters. The average Bonchev–Trinajstić information content (AvgIpc) is 3.25. The van der Waals surface area contributed by atoms with E-state index < -0.39 is 0 Å². The second kappa shape index (κ2) is 9.81. The highest BCUT2D eigenvalue weighted by atomic mass is 16.5. The van der Waals surface area contributed by atoms with Gasteiger partial charge in [-0.15, -0.1) is 0 Å². The van der Waals surface area contributed by atoms with Gasteiger partial charge in [-0.1, -0.05) is 24.3 Å². The Bertz CT molecular complexity index is 1230. The molecule has 0 aliphatic carbocycles. The smallest absolute Gasteiger partial charge is 0.220 e. The summed E-state index contributed by atoms with van der Waals surface area (Å²) in [5.74, 6) is 1.70. The van der Waals surface area contributed by atoms with Crippen molar-refractivity contribution >= 4 is 17.1 Å². The van der Waals surface area contributed by atoms with Crippen LogP contribution in [0.3, 0.4) is 0 Å². The minimum absolute atomic E-state index is 0.118. The number of aryl methyl sites for hydroxylation is 1. The fourth-order valence-corrected chi connectivity index (χ4v) is 4.01. The molecule has 7 rings (SSSR count). The average molecular weight is 442 g/mol. The number of aromatic nitrogens is 4. The van der Waals surface area contributed by atoms with Crippen LogP contribution in [-0.4, -0.2) is 38.6 Å². The Balaban J connectivity index is 1.41. The summed E-state index contributed by atoms with van der Waals surface area (Å²) in [4.78, 5) is 25.8. The lowest BCUT2D eigenvalue weighted by Crippen LogP contribution is -2.24. The maximum atomic E-state index is 12.1. The number of ether oxygens (including phenoxy) is 1. The highest BCUT2D eigenvalue weighted by molar-refractivity contribution is 5.75. The number of rotatable bonds is 0. The van der Waals surface area contributed by atoms with Gasteiger partial charge in [0.2, 0.25) is 5.91 Å². The van der Waals surface area contributed by atoms with E-state index >= 15 is 0 Å². The number of nitrogens with one attached hydrogen (secondary N) is 1. The van der Waals surface area contributed by atoms with Crippen LogP contribution < -0.4 is 10.1 Å². The molecule has 2 aromatic heterocycles. The molecule has 0 fully saturated rings. The topological polar surface area (TPSA) is 81.9 Å². The zero-order valence-electron chi connectivity index (χ0n) is 18.5. The molecule has 1 N–H and O–H groups in total. The van der Waals surface area contributed by atoms with E-state index in [4.69, 9.17) is 9.72 Å². The van der Waals surface area contributed by atoms with Crippen LogP contribution in [0.15, 0.2) is 61.1 Å². The Morgan fingerprint density at radius 2 is 1.70 bits per heavy atom. The lowest BCUT2D eigenvalue weighted by atomic mass is 10.0. The third kappa shape index (κ3) is 5.19. The van der Waals surface area contributed by atoms with Crippen molar-refractivity contribution in [3.05, 3.63) is 78.0 Å². The van der Waals surface area contributed by atoms with E-state index in [0.717, 1.165) is 59.7 Å². The van der Waals surface area contributed by atoms with Gasteiger partial charge in [0.25, 0.3) is 0 Å². The first kappa shape index (κ1) is 21.1. The number of hydrogen-bond acceptors (Lipinski definition) is 5. The lowest BCUT2D eigenvalue weighted by molar-refractivity contribution is -0.121. The highest BCUT2D eigenvalue weighted by Gasteiger charge is 2.10. The van der Waals surface area contributed by atoms with E-state index in [-0.39, 0.29) is 5.91 Å². The van der Waals surface area contributed by atoms with Crippen LogP contribution in [0.4, 0.5) is 0 Å². The number of amides is 1. The van der Waals surface area contributed by atoms with Gasteiger partial charge in [-0.2, -0.15) is 0 Å². The summed E-state index contributed by atoms with van der Waals surface area (Å²) in [7, 11) is 0. The van der Waals surface area contributed by atoms with Crippen molar-refractivity contribution in [2.24, 2.45) is 0 Å². The molecule has 7 heteroatoms. The second-order valence-electron chi connectivity index (χ2n) is 8.36. The van der Waals surface area contributed by atoms with E-state index in [1.807, 2.05) is 28.8 Å². The zero-order valence-corrected chi connectivity index (χ0v) is 18.5. The van der Waals surface area contributed by atoms with Crippen molar-refractivity contribution in [2.45, 2.75) is 38.5 Å². The molecule has 0 saturated heterocycles. The van der Waals surface area contributed by atoms with Gasteiger partial charge < -0.3 is 10.1 Å². The number of fused-ring (bicyclic) bond motifs is 2. The van der Waals surface area contributed by atoms with Crippen LogP contribution in [0.1, 0.15) is 42.6 Å². The lowest BCUT2D eigenvalue weighted by Gasteiger charge is -2.09. The van der Waals surface area contributed by atoms with E-state index in [2.05, 4.69) is 39.6 Å². The summed E-state index contributed by atoms with van der Waals surface area (Å²) < 4.78 is 7.84. The maximum absolute atomic E-state index is 12.1. The van der Waals surface area contributed by atoms with Crippen molar-refractivity contribution < 1.29 is 9.53 Å². The molecule has 33 heavy (non-hydrogen) atoms. The molecular weight excluding hydrogens is 414 g/mol. The number of imidazole rings is 1. The van der Waals surface area contributed by atoms with E-state index in [9.17, 15) is 4.79 Å². The summed E-state index contributed by atoms with van der Waals surface area (Å²) in [5, 5.41) is 3.01. The van der Waals surface area contributed by atoms with Gasteiger partial charge in [-0.25, -0.2) is 15.0 Å². The number of carbonyl (C=O) groups is 1. The molecule has 5 heterocycles. The van der Waals surface area contributed by atoms with Crippen LogP contribution in [0.2, 0.25) is 0 Å². The molecule has 2 aromatic carbocycles. The summed E-state index contributed by atoms with van der Waals surface area (Å²) in [6.45, 7) is 1.31. The molecule has 4 aromatic rings. The normalized spacial score (nSPS) is 15.5. The van der Waals surface area contributed by atoms with Gasteiger partial charge in [-0.3, -0.25) is 9.36 Å². The summed E-state index contributed by atoms with van der Waals surface area (Å²) >= 11 is 0. The fourth-order valence-electron chi connectivity index (χ4n) is 4.01. The second-order valence-corrected chi connectivity index (χ2v) is 8.36. The number of nitrogens with zero attached hydrogens (tertiary/aromatic N) is 4. The molecule has 6 bridgehead atoms. The molecule has 0 saturated carbocycles. The summed E-state index contributed by atoms with van der Waals surface area (Å²) in [5.41, 5.74) is 4.92. The molecule has 3 aliphatic rings. The van der Waals surface area contributed by atoms with Crippen molar-refractivity contribution in [1.29, 1.82) is 0 Å². The van der Waals surface area contributed by atoms with E-state index in [1.54, 1.807) is 12.5 Å². The number of benzene rings is 2. The first-order valence-electron chi connectivity index (χ1n) is 11.5. The van der Waals surface area contributed by atoms with Crippen LogP contribution >= 0.6 is 0 Å². The van der Waals surface area contributed by atoms with Crippen LogP contribution in [0.5, 0.6) is 5.75 Å². The van der Waals surface area contributed by atoms with Gasteiger partial charge in [-0.05, 0) is 61.1 Å². The summed E-state index contributed by atoms with van der Waals surface area (Å²) in [6.07, 6.45) is 8.28. The SMILES string of the molecule is O=C1CCCc2ccc(cc2)Cc2ncc3ncn(c3n2)-c2ccc(cc2)OCCCCN1. The molecule has 0 radical (unpaired) electrons. The third-order valence-electron chi connectivity index (χ3n) is 5.87. The minimum atomic E-state index is 0.118. The predicted molar refractivity (Wildman–Crippen MR) is 127 cm³/mol. The van der Waals surface area contributed by atoms with Crippen molar-refractivity contribution in [3.8, 4) is 11.4 Å². The predicted octanol–water partition coefficient (Wildman–Crippen LogP) is 4.02. The Morgan fingerprint density at radius 1 is 0.879 bits per heavy atom. The number of carbonyl (C=O) groups excluding carboxylic acids is 1. The molecular formula is C26H27N5O2. The molecule has 168 valence electrons. The van der Waals surface area contributed by atoms with Crippen LogP contribution in [0.25, 0.3) is 16.9 Å². The largest absolute Gasteiger partial charge is 0.494 e. The van der Waals surface area contributed by atoms with Gasteiger partial charge >= 0.3 is 0 Å². The number of hydrogen-bond donors (Lipinski definition) is 1. The van der Waals surface area contributed by atoms with Crippen molar-refractivity contribution in [3.63, 3.8) is 0 Å². The van der Waals surface area contributed by atoms with Crippen LogP contribution in [0, 0.1) is 0 Å². The highest BCUT2D eigenvalue weighted by Crippen LogP contribution is 2.20. The van der Waals surface area contributed by atoms with E-state index in [0.29, 0.717) is 26.0 Å². The first-order valence-corrected chi connectivity index (χ1v) is 11.5. The quantitative estimate of drug-likeness (QED) is 0.446. The molecule has 0 unspecified atom stereocenters. The molecule has 7 nitrogen and oxygen atoms in total.